The third-order valence-corrected chi connectivity index (χ3v) is 7.23. The molecule has 2 heteroatoms. The van der Waals surface area contributed by atoms with E-state index in [4.69, 9.17) is 4.74 Å². The fraction of sp³-hybridized carbons (Fsp3) is 0.731. The molecule has 0 aromatic heterocycles. The van der Waals surface area contributed by atoms with Crippen LogP contribution < -0.4 is 4.74 Å². The fourth-order valence-electron chi connectivity index (χ4n) is 5.46. The molecule has 1 aromatic carbocycles. The number of fused-ring (bicyclic) bond motifs is 1. The van der Waals surface area contributed by atoms with Crippen molar-refractivity contribution in [3.8, 4) is 5.75 Å². The van der Waals surface area contributed by atoms with Gasteiger partial charge in [0.1, 0.15) is 5.75 Å². The van der Waals surface area contributed by atoms with Crippen molar-refractivity contribution in [3.05, 3.63) is 29.8 Å². The van der Waals surface area contributed by atoms with E-state index in [2.05, 4.69) is 26.0 Å². The van der Waals surface area contributed by atoms with E-state index in [1.54, 1.807) is 0 Å². The molecule has 2 saturated carbocycles. The molecule has 4 atom stereocenters. The van der Waals surface area contributed by atoms with Crippen molar-refractivity contribution in [2.45, 2.75) is 97.3 Å². The minimum Gasteiger partial charge on any atom is -0.426 e. The SMILES string of the molecule is CCCCCc1ccc(OC(=O)C2CCC3CC(CCCC)CCC3C2)cc1. The van der Waals surface area contributed by atoms with E-state index in [0.29, 0.717) is 0 Å². The van der Waals surface area contributed by atoms with Gasteiger partial charge in [0.25, 0.3) is 0 Å². The summed E-state index contributed by atoms with van der Waals surface area (Å²) >= 11 is 0. The van der Waals surface area contributed by atoms with Gasteiger partial charge in [0.15, 0.2) is 0 Å². The van der Waals surface area contributed by atoms with Crippen molar-refractivity contribution in [2.24, 2.45) is 23.7 Å². The van der Waals surface area contributed by atoms with Crippen LogP contribution in [0.5, 0.6) is 5.75 Å². The Morgan fingerprint density at radius 1 is 0.893 bits per heavy atom. The van der Waals surface area contributed by atoms with Crippen LogP contribution in [0.3, 0.4) is 0 Å². The number of hydrogen-bond acceptors (Lipinski definition) is 2. The second kappa shape index (κ2) is 11.0. The molecule has 0 spiro atoms. The summed E-state index contributed by atoms with van der Waals surface area (Å²) in [7, 11) is 0. The number of carbonyl (C=O) groups is 1. The molecule has 0 radical (unpaired) electrons. The van der Waals surface area contributed by atoms with Crippen molar-refractivity contribution in [1.29, 1.82) is 0 Å². The minimum absolute atomic E-state index is 0.00490. The number of aryl methyl sites for hydroxylation is 1. The first kappa shape index (κ1) is 21.4. The van der Waals surface area contributed by atoms with E-state index in [0.717, 1.165) is 42.8 Å². The molecule has 4 unspecified atom stereocenters. The summed E-state index contributed by atoms with van der Waals surface area (Å²) in [5.74, 6) is 3.39. The van der Waals surface area contributed by atoms with Gasteiger partial charge in [0, 0.05) is 0 Å². The van der Waals surface area contributed by atoms with Gasteiger partial charge in [-0.25, -0.2) is 0 Å². The van der Waals surface area contributed by atoms with E-state index in [9.17, 15) is 4.79 Å². The lowest BCUT2D eigenvalue weighted by Gasteiger charge is -2.41. The smallest absolute Gasteiger partial charge is 0.314 e. The Labute approximate surface area is 172 Å². The molecule has 0 aliphatic heterocycles. The summed E-state index contributed by atoms with van der Waals surface area (Å²) in [6.45, 7) is 4.52. The average molecular weight is 385 g/mol. The van der Waals surface area contributed by atoms with Gasteiger partial charge in [-0.05, 0) is 80.4 Å². The second-order valence-electron chi connectivity index (χ2n) is 9.37. The lowest BCUT2D eigenvalue weighted by atomic mass is 9.64. The van der Waals surface area contributed by atoms with Gasteiger partial charge in [-0.15, -0.1) is 0 Å². The largest absolute Gasteiger partial charge is 0.426 e. The first-order valence-electron chi connectivity index (χ1n) is 12.0. The lowest BCUT2D eigenvalue weighted by molar-refractivity contribution is -0.141. The van der Waals surface area contributed by atoms with Gasteiger partial charge in [-0.1, -0.05) is 64.5 Å². The topological polar surface area (TPSA) is 26.3 Å². The second-order valence-corrected chi connectivity index (χ2v) is 9.37. The summed E-state index contributed by atoms with van der Waals surface area (Å²) in [6, 6.07) is 8.19. The zero-order chi connectivity index (χ0) is 19.8. The minimum atomic E-state index is 0.00490. The highest BCUT2D eigenvalue weighted by atomic mass is 16.5. The number of ether oxygens (including phenoxy) is 1. The van der Waals surface area contributed by atoms with E-state index < -0.39 is 0 Å². The molecule has 2 nitrogen and oxygen atoms in total. The third-order valence-electron chi connectivity index (χ3n) is 7.23. The van der Waals surface area contributed by atoms with Crippen molar-refractivity contribution < 1.29 is 9.53 Å². The molecule has 156 valence electrons. The Bertz CT molecular complexity index is 591. The van der Waals surface area contributed by atoms with E-state index in [1.807, 2.05) is 12.1 Å². The predicted octanol–water partition coefficient (Wildman–Crippen LogP) is 7.35. The molecule has 28 heavy (non-hydrogen) atoms. The van der Waals surface area contributed by atoms with Crippen LogP contribution in [0.4, 0.5) is 0 Å². The van der Waals surface area contributed by atoms with E-state index in [1.165, 1.54) is 69.8 Å². The maximum atomic E-state index is 12.7. The van der Waals surface area contributed by atoms with Crippen LogP contribution in [0.1, 0.15) is 96.5 Å². The highest BCUT2D eigenvalue weighted by Gasteiger charge is 2.38. The summed E-state index contributed by atoms with van der Waals surface area (Å²) in [6.07, 6.45) is 16.4. The molecular weight excluding hydrogens is 344 g/mol. The molecular formula is C26H40O2. The number of esters is 1. The van der Waals surface area contributed by atoms with Crippen LogP contribution in [0, 0.1) is 23.7 Å². The monoisotopic (exact) mass is 384 g/mol. The van der Waals surface area contributed by atoms with Crippen LogP contribution in [0.2, 0.25) is 0 Å². The Balaban J connectivity index is 1.45. The van der Waals surface area contributed by atoms with Gasteiger partial charge in [-0.3, -0.25) is 4.79 Å². The molecule has 0 N–H and O–H groups in total. The average Bonchev–Trinajstić information content (AvgIpc) is 2.73. The van der Waals surface area contributed by atoms with Gasteiger partial charge in [-0.2, -0.15) is 0 Å². The Hall–Kier alpha value is -1.31. The highest BCUT2D eigenvalue weighted by molar-refractivity contribution is 5.75. The van der Waals surface area contributed by atoms with E-state index in [-0.39, 0.29) is 11.9 Å². The normalized spacial score (nSPS) is 27.2. The lowest BCUT2D eigenvalue weighted by Crippen LogP contribution is -2.35. The molecule has 2 aliphatic carbocycles. The molecule has 1 aromatic rings. The van der Waals surface area contributed by atoms with Gasteiger partial charge in [0.05, 0.1) is 5.92 Å². The van der Waals surface area contributed by atoms with Crippen molar-refractivity contribution in [3.63, 3.8) is 0 Å². The summed E-state index contributed by atoms with van der Waals surface area (Å²) < 4.78 is 5.75. The maximum Gasteiger partial charge on any atom is 0.314 e. The summed E-state index contributed by atoms with van der Waals surface area (Å²) in [4.78, 5) is 12.7. The predicted molar refractivity (Wildman–Crippen MR) is 116 cm³/mol. The molecule has 0 saturated heterocycles. The van der Waals surface area contributed by atoms with Crippen LogP contribution in [0.25, 0.3) is 0 Å². The molecule has 0 bridgehead atoms. The Kier molecular flexibility index (Phi) is 8.43. The highest BCUT2D eigenvalue weighted by Crippen LogP contribution is 2.46. The fourth-order valence-corrected chi connectivity index (χ4v) is 5.46. The molecule has 2 aliphatic rings. The van der Waals surface area contributed by atoms with Crippen molar-refractivity contribution in [2.75, 3.05) is 0 Å². The summed E-state index contributed by atoms with van der Waals surface area (Å²) in [5.41, 5.74) is 1.34. The van der Waals surface area contributed by atoms with Crippen LogP contribution in [-0.2, 0) is 11.2 Å². The zero-order valence-electron chi connectivity index (χ0n) is 18.1. The van der Waals surface area contributed by atoms with E-state index >= 15 is 0 Å². The summed E-state index contributed by atoms with van der Waals surface area (Å²) in [5, 5.41) is 0. The first-order valence-corrected chi connectivity index (χ1v) is 12.0. The Morgan fingerprint density at radius 2 is 1.61 bits per heavy atom. The third kappa shape index (κ3) is 6.09. The van der Waals surface area contributed by atoms with Crippen LogP contribution in [-0.4, -0.2) is 5.97 Å². The molecule has 0 heterocycles. The van der Waals surface area contributed by atoms with Crippen LogP contribution in [0.15, 0.2) is 24.3 Å². The molecule has 0 amide bonds. The van der Waals surface area contributed by atoms with Gasteiger partial charge < -0.3 is 4.74 Å². The molecule has 2 fully saturated rings. The Morgan fingerprint density at radius 3 is 2.36 bits per heavy atom. The first-order chi connectivity index (χ1) is 13.7. The maximum absolute atomic E-state index is 12.7. The van der Waals surface area contributed by atoms with Crippen molar-refractivity contribution in [1.82, 2.24) is 0 Å². The molecule has 3 rings (SSSR count). The van der Waals surface area contributed by atoms with Crippen molar-refractivity contribution >= 4 is 5.97 Å². The number of benzene rings is 1. The van der Waals surface area contributed by atoms with Crippen LogP contribution >= 0.6 is 0 Å². The van der Waals surface area contributed by atoms with Gasteiger partial charge >= 0.3 is 5.97 Å². The van der Waals surface area contributed by atoms with Gasteiger partial charge in [0.2, 0.25) is 0 Å². The number of hydrogen-bond donors (Lipinski definition) is 0. The zero-order valence-corrected chi connectivity index (χ0v) is 18.1. The number of carbonyl (C=O) groups excluding carboxylic acids is 1. The quantitative estimate of drug-likeness (QED) is 0.253. The number of rotatable bonds is 9. The standard InChI is InChI=1S/C26H40O2/c1-3-5-7-9-20-11-16-25(17-12-20)28-26(27)24-15-14-22-18-21(8-6-4-2)10-13-23(22)19-24/h11-12,16-17,21-24H,3-10,13-15,18-19H2,1-2H3. The number of unbranched alkanes of at least 4 members (excludes halogenated alkanes) is 3.